The van der Waals surface area contributed by atoms with Crippen LogP contribution in [0.25, 0.3) is 0 Å². The molecular formula is C21H23N3O2. The summed E-state index contributed by atoms with van der Waals surface area (Å²) in [5.41, 5.74) is 2.78. The van der Waals surface area contributed by atoms with Gasteiger partial charge in [-0.2, -0.15) is 5.10 Å². The summed E-state index contributed by atoms with van der Waals surface area (Å²) in [6, 6.07) is 17.3. The van der Waals surface area contributed by atoms with E-state index < -0.39 is 0 Å². The second-order valence-corrected chi connectivity index (χ2v) is 6.39. The van der Waals surface area contributed by atoms with Crippen LogP contribution in [0, 0.1) is 0 Å². The van der Waals surface area contributed by atoms with Crippen molar-refractivity contribution in [2.45, 2.75) is 33.0 Å². The van der Waals surface area contributed by atoms with E-state index in [1.807, 2.05) is 79.3 Å². The summed E-state index contributed by atoms with van der Waals surface area (Å²) < 4.78 is 7.47. The summed E-state index contributed by atoms with van der Waals surface area (Å²) in [5.74, 6) is 0.751. The van der Waals surface area contributed by atoms with Crippen LogP contribution < -0.4 is 10.1 Å². The maximum Gasteiger partial charge on any atom is 0.251 e. The Morgan fingerprint density at radius 3 is 2.38 bits per heavy atom. The first-order chi connectivity index (χ1) is 12.6. The van der Waals surface area contributed by atoms with Crippen molar-refractivity contribution in [3.8, 4) is 5.75 Å². The van der Waals surface area contributed by atoms with E-state index in [-0.39, 0.29) is 12.0 Å². The van der Waals surface area contributed by atoms with Gasteiger partial charge in [-0.05, 0) is 55.3 Å². The molecule has 0 atom stereocenters. The Morgan fingerprint density at radius 1 is 1.08 bits per heavy atom. The normalized spacial score (nSPS) is 10.7. The van der Waals surface area contributed by atoms with Crippen molar-refractivity contribution in [3.05, 3.63) is 83.7 Å². The Hall–Kier alpha value is -3.08. The lowest BCUT2D eigenvalue weighted by atomic mass is 10.1. The van der Waals surface area contributed by atoms with Crippen molar-refractivity contribution in [1.29, 1.82) is 0 Å². The van der Waals surface area contributed by atoms with E-state index in [9.17, 15) is 4.79 Å². The third-order valence-electron chi connectivity index (χ3n) is 3.87. The molecule has 2 aromatic carbocycles. The van der Waals surface area contributed by atoms with Gasteiger partial charge in [0.2, 0.25) is 0 Å². The van der Waals surface area contributed by atoms with Crippen LogP contribution in [0.15, 0.2) is 67.0 Å². The number of carbonyl (C=O) groups is 1. The van der Waals surface area contributed by atoms with Crippen LogP contribution in [0.1, 0.15) is 35.3 Å². The van der Waals surface area contributed by atoms with Gasteiger partial charge < -0.3 is 10.1 Å². The van der Waals surface area contributed by atoms with E-state index in [0.717, 1.165) is 16.9 Å². The molecule has 1 amide bonds. The van der Waals surface area contributed by atoms with Crippen molar-refractivity contribution in [2.75, 3.05) is 0 Å². The number of aromatic nitrogens is 2. The van der Waals surface area contributed by atoms with Crippen LogP contribution in [0.2, 0.25) is 0 Å². The smallest absolute Gasteiger partial charge is 0.251 e. The van der Waals surface area contributed by atoms with Gasteiger partial charge in [0.15, 0.2) is 0 Å². The summed E-state index contributed by atoms with van der Waals surface area (Å²) in [4.78, 5) is 12.3. The molecule has 0 aliphatic rings. The molecule has 0 fully saturated rings. The number of nitrogens with zero attached hydrogens (tertiary/aromatic N) is 2. The Balaban J connectivity index is 1.53. The van der Waals surface area contributed by atoms with Crippen LogP contribution in [0.4, 0.5) is 0 Å². The second kappa shape index (κ2) is 8.34. The molecule has 5 nitrogen and oxygen atoms in total. The number of nitrogens with one attached hydrogen (secondary N) is 1. The minimum Gasteiger partial charge on any atom is -0.491 e. The summed E-state index contributed by atoms with van der Waals surface area (Å²) in [5, 5.41) is 7.13. The highest BCUT2D eigenvalue weighted by Crippen LogP contribution is 2.14. The van der Waals surface area contributed by atoms with Gasteiger partial charge in [0, 0.05) is 24.5 Å². The third kappa shape index (κ3) is 4.96. The van der Waals surface area contributed by atoms with Gasteiger partial charge in [0.1, 0.15) is 5.75 Å². The van der Waals surface area contributed by atoms with Crippen molar-refractivity contribution in [2.24, 2.45) is 0 Å². The van der Waals surface area contributed by atoms with Crippen LogP contribution in [-0.2, 0) is 13.1 Å². The molecule has 0 aliphatic carbocycles. The van der Waals surface area contributed by atoms with Crippen molar-refractivity contribution < 1.29 is 9.53 Å². The molecule has 0 aliphatic heterocycles. The van der Waals surface area contributed by atoms with E-state index in [4.69, 9.17) is 4.74 Å². The molecule has 3 aromatic rings. The number of rotatable bonds is 7. The molecule has 0 radical (unpaired) electrons. The van der Waals surface area contributed by atoms with Crippen molar-refractivity contribution >= 4 is 5.91 Å². The first kappa shape index (κ1) is 17.7. The van der Waals surface area contributed by atoms with Gasteiger partial charge in [0.05, 0.1) is 12.6 Å². The van der Waals surface area contributed by atoms with E-state index in [0.29, 0.717) is 18.7 Å². The molecular weight excluding hydrogens is 326 g/mol. The summed E-state index contributed by atoms with van der Waals surface area (Å²) in [6.07, 6.45) is 3.82. The fourth-order valence-corrected chi connectivity index (χ4v) is 2.59. The van der Waals surface area contributed by atoms with Crippen LogP contribution in [-0.4, -0.2) is 21.8 Å². The highest BCUT2D eigenvalue weighted by molar-refractivity contribution is 5.94. The molecule has 1 N–H and O–H groups in total. The largest absolute Gasteiger partial charge is 0.491 e. The summed E-state index contributed by atoms with van der Waals surface area (Å²) in [6.45, 7) is 5.17. The molecule has 0 bridgehead atoms. The number of amides is 1. The molecule has 5 heteroatoms. The van der Waals surface area contributed by atoms with Gasteiger partial charge >= 0.3 is 0 Å². The quantitative estimate of drug-likeness (QED) is 0.708. The predicted molar refractivity (Wildman–Crippen MR) is 101 cm³/mol. The first-order valence-corrected chi connectivity index (χ1v) is 8.70. The highest BCUT2D eigenvalue weighted by atomic mass is 16.5. The Bertz CT molecular complexity index is 823. The van der Waals surface area contributed by atoms with E-state index in [1.54, 1.807) is 6.20 Å². The Kier molecular flexibility index (Phi) is 5.69. The SMILES string of the molecule is CC(C)Oc1ccc(CNC(=O)c2ccc(Cn3cccn3)cc2)cc1. The van der Waals surface area contributed by atoms with Crippen LogP contribution >= 0.6 is 0 Å². The van der Waals surface area contributed by atoms with Crippen molar-refractivity contribution in [1.82, 2.24) is 15.1 Å². The summed E-state index contributed by atoms with van der Waals surface area (Å²) >= 11 is 0. The molecule has 0 spiro atoms. The zero-order valence-corrected chi connectivity index (χ0v) is 15.1. The highest BCUT2D eigenvalue weighted by Gasteiger charge is 2.06. The minimum atomic E-state index is -0.0850. The first-order valence-electron chi connectivity index (χ1n) is 8.70. The van der Waals surface area contributed by atoms with Crippen LogP contribution in [0.5, 0.6) is 5.75 Å². The molecule has 1 heterocycles. The number of hydrogen-bond donors (Lipinski definition) is 1. The zero-order valence-electron chi connectivity index (χ0n) is 15.1. The lowest BCUT2D eigenvalue weighted by Gasteiger charge is -2.10. The fourth-order valence-electron chi connectivity index (χ4n) is 2.59. The standard InChI is InChI=1S/C21H23N3O2/c1-16(2)26-20-10-6-17(7-11-20)14-22-21(25)19-8-4-18(5-9-19)15-24-13-3-12-23-24/h3-13,16H,14-15H2,1-2H3,(H,22,25). The number of carbonyl (C=O) groups excluding carboxylic acids is 1. The van der Waals surface area contributed by atoms with Gasteiger partial charge in [-0.3, -0.25) is 9.48 Å². The molecule has 134 valence electrons. The van der Waals surface area contributed by atoms with Crippen LogP contribution in [0.3, 0.4) is 0 Å². The van der Waals surface area contributed by atoms with E-state index in [1.165, 1.54) is 0 Å². The number of hydrogen-bond acceptors (Lipinski definition) is 3. The van der Waals surface area contributed by atoms with Gasteiger partial charge in [-0.25, -0.2) is 0 Å². The average molecular weight is 349 g/mol. The van der Waals surface area contributed by atoms with Crippen molar-refractivity contribution in [3.63, 3.8) is 0 Å². The van der Waals surface area contributed by atoms with E-state index >= 15 is 0 Å². The molecule has 26 heavy (non-hydrogen) atoms. The molecule has 0 saturated carbocycles. The second-order valence-electron chi connectivity index (χ2n) is 6.39. The van der Waals surface area contributed by atoms with E-state index in [2.05, 4.69) is 10.4 Å². The predicted octanol–water partition coefficient (Wildman–Crippen LogP) is 3.65. The lowest BCUT2D eigenvalue weighted by molar-refractivity contribution is 0.0951. The van der Waals surface area contributed by atoms with Gasteiger partial charge in [-0.15, -0.1) is 0 Å². The summed E-state index contributed by atoms with van der Waals surface area (Å²) in [7, 11) is 0. The molecule has 0 unspecified atom stereocenters. The lowest BCUT2D eigenvalue weighted by Crippen LogP contribution is -2.22. The van der Waals surface area contributed by atoms with Gasteiger partial charge in [-0.1, -0.05) is 24.3 Å². The zero-order chi connectivity index (χ0) is 18.4. The molecule has 0 saturated heterocycles. The maximum absolute atomic E-state index is 12.3. The molecule has 1 aromatic heterocycles. The Morgan fingerprint density at radius 2 is 1.77 bits per heavy atom. The van der Waals surface area contributed by atoms with Gasteiger partial charge in [0.25, 0.3) is 5.91 Å². The topological polar surface area (TPSA) is 56.1 Å². The minimum absolute atomic E-state index is 0.0850. The Labute approximate surface area is 153 Å². The maximum atomic E-state index is 12.3. The monoisotopic (exact) mass is 349 g/mol. The molecule has 3 rings (SSSR count). The number of benzene rings is 2. The average Bonchev–Trinajstić information content (AvgIpc) is 3.14. The fraction of sp³-hybridized carbons (Fsp3) is 0.238. The third-order valence-corrected chi connectivity index (χ3v) is 3.87. The number of ether oxygens (including phenoxy) is 1.